The Morgan fingerprint density at radius 3 is 3.08 bits per heavy atom. The molecule has 12 heavy (non-hydrogen) atoms. The van der Waals surface area contributed by atoms with Crippen LogP contribution < -0.4 is 5.32 Å². The third kappa shape index (κ3) is 1.25. The lowest BCUT2D eigenvalue weighted by molar-refractivity contribution is -0.139. The van der Waals surface area contributed by atoms with Gasteiger partial charge in [-0.2, -0.15) is 0 Å². The summed E-state index contributed by atoms with van der Waals surface area (Å²) in [5, 5.41) is 11.9. The average molecular weight is 167 g/mol. The molecule has 0 amide bonds. The minimum absolute atomic E-state index is 0.317. The van der Waals surface area contributed by atoms with Crippen molar-refractivity contribution in [2.24, 2.45) is 5.92 Å². The number of aliphatic carboxylic acids is 1. The van der Waals surface area contributed by atoms with E-state index >= 15 is 0 Å². The Morgan fingerprint density at radius 1 is 1.58 bits per heavy atom. The van der Waals surface area contributed by atoms with E-state index in [-0.39, 0.29) is 6.04 Å². The molecule has 1 aliphatic carbocycles. The minimum Gasteiger partial charge on any atom is -0.480 e. The van der Waals surface area contributed by atoms with Crippen LogP contribution in [0.5, 0.6) is 0 Å². The molecule has 2 N–H and O–H groups in total. The van der Waals surface area contributed by atoms with Crippen LogP contribution in [0.3, 0.4) is 0 Å². The first-order chi connectivity index (χ1) is 5.77. The Morgan fingerprint density at radius 2 is 2.42 bits per heavy atom. The van der Waals surface area contributed by atoms with Gasteiger partial charge in [0, 0.05) is 6.04 Å². The number of hydrogen-bond acceptors (Lipinski definition) is 2. The predicted molar refractivity (Wildman–Crippen MR) is 44.8 cm³/mol. The van der Waals surface area contributed by atoms with Crippen LogP contribution >= 0.6 is 0 Å². The van der Waals surface area contributed by atoms with Crippen molar-refractivity contribution in [2.45, 2.75) is 31.3 Å². The maximum Gasteiger partial charge on any atom is 0.320 e. The molecular weight excluding hydrogens is 154 g/mol. The molecule has 3 heteroatoms. The van der Waals surface area contributed by atoms with Gasteiger partial charge in [0.1, 0.15) is 6.04 Å². The first kappa shape index (κ1) is 7.80. The van der Waals surface area contributed by atoms with Gasteiger partial charge >= 0.3 is 5.97 Å². The molecule has 0 aromatic rings. The molecule has 1 heterocycles. The van der Waals surface area contributed by atoms with E-state index in [1.807, 2.05) is 0 Å². The van der Waals surface area contributed by atoms with Crippen molar-refractivity contribution >= 4 is 5.97 Å². The van der Waals surface area contributed by atoms with Crippen molar-refractivity contribution in [3.8, 4) is 0 Å². The van der Waals surface area contributed by atoms with Gasteiger partial charge in [-0.15, -0.1) is 0 Å². The smallest absolute Gasteiger partial charge is 0.320 e. The number of carboxylic acids is 1. The summed E-state index contributed by atoms with van der Waals surface area (Å²) in [6, 6.07) is 0.00241. The minimum atomic E-state index is -0.710. The van der Waals surface area contributed by atoms with Crippen molar-refractivity contribution < 1.29 is 9.90 Å². The summed E-state index contributed by atoms with van der Waals surface area (Å²) >= 11 is 0. The van der Waals surface area contributed by atoms with E-state index < -0.39 is 5.97 Å². The zero-order valence-corrected chi connectivity index (χ0v) is 6.86. The highest BCUT2D eigenvalue weighted by Crippen LogP contribution is 2.29. The summed E-state index contributed by atoms with van der Waals surface area (Å²) in [5.74, 6) is -0.158. The maximum atomic E-state index is 10.7. The van der Waals surface area contributed by atoms with Crippen molar-refractivity contribution in [3.63, 3.8) is 0 Å². The Bertz CT molecular complexity index is 225. The zero-order valence-electron chi connectivity index (χ0n) is 6.86. The van der Waals surface area contributed by atoms with Gasteiger partial charge in [0.05, 0.1) is 0 Å². The number of rotatable bonds is 1. The molecule has 2 rings (SSSR count). The van der Waals surface area contributed by atoms with Crippen LogP contribution in [0, 0.1) is 5.92 Å². The molecule has 3 atom stereocenters. The van der Waals surface area contributed by atoms with Crippen LogP contribution in [0.4, 0.5) is 0 Å². The zero-order chi connectivity index (χ0) is 8.55. The lowest BCUT2D eigenvalue weighted by Crippen LogP contribution is -2.35. The van der Waals surface area contributed by atoms with Crippen LogP contribution in [0.2, 0.25) is 0 Å². The Labute approximate surface area is 71.5 Å². The van der Waals surface area contributed by atoms with Crippen molar-refractivity contribution in [3.05, 3.63) is 12.2 Å². The van der Waals surface area contributed by atoms with Gasteiger partial charge < -0.3 is 5.11 Å². The second-order valence-corrected chi connectivity index (χ2v) is 3.58. The average Bonchev–Trinajstić information content (AvgIpc) is 2.46. The van der Waals surface area contributed by atoms with E-state index in [1.54, 1.807) is 0 Å². The third-order valence-electron chi connectivity index (χ3n) is 2.79. The molecule has 0 aromatic heterocycles. The molecule has 0 bridgehead atoms. The molecular formula is C9H13NO2. The van der Waals surface area contributed by atoms with Gasteiger partial charge in [-0.3, -0.25) is 10.1 Å². The standard InChI is InChI=1S/C9H13NO2/c11-9(12)8-5-6-3-1-2-4-7(6)10-8/h2,4,6-8,10H,1,3,5H2,(H,11,12)/t6-,7-,8-/m1/s1. The summed E-state index contributed by atoms with van der Waals surface area (Å²) in [7, 11) is 0. The Balaban J connectivity index is 2.05. The van der Waals surface area contributed by atoms with Crippen LogP contribution in [0.15, 0.2) is 12.2 Å². The fourth-order valence-electron chi connectivity index (χ4n) is 2.12. The molecule has 1 aliphatic heterocycles. The number of hydrogen-bond donors (Lipinski definition) is 2. The van der Waals surface area contributed by atoms with E-state index in [0.29, 0.717) is 12.0 Å². The van der Waals surface area contributed by atoms with Gasteiger partial charge in [-0.05, 0) is 25.2 Å². The number of allylic oxidation sites excluding steroid dienone is 1. The molecule has 66 valence electrons. The summed E-state index contributed by atoms with van der Waals surface area (Å²) in [4.78, 5) is 10.7. The molecule has 0 spiro atoms. The maximum absolute atomic E-state index is 10.7. The number of nitrogens with one attached hydrogen (secondary N) is 1. The molecule has 3 nitrogen and oxygen atoms in total. The van der Waals surface area contributed by atoms with E-state index in [0.717, 1.165) is 19.3 Å². The second kappa shape index (κ2) is 2.90. The van der Waals surface area contributed by atoms with E-state index in [9.17, 15) is 4.79 Å². The molecule has 1 fully saturated rings. The lowest BCUT2D eigenvalue weighted by Gasteiger charge is -2.18. The highest BCUT2D eigenvalue weighted by Gasteiger charge is 2.36. The molecule has 0 unspecified atom stereocenters. The fourth-order valence-corrected chi connectivity index (χ4v) is 2.12. The number of fused-ring (bicyclic) bond motifs is 1. The van der Waals surface area contributed by atoms with Crippen molar-refractivity contribution in [1.82, 2.24) is 5.32 Å². The number of carbonyl (C=O) groups is 1. The Kier molecular flexibility index (Phi) is 1.89. The highest BCUT2D eigenvalue weighted by molar-refractivity contribution is 5.74. The number of carboxylic acid groups (broad SMARTS) is 1. The van der Waals surface area contributed by atoms with Crippen LogP contribution in [-0.4, -0.2) is 23.2 Å². The first-order valence-electron chi connectivity index (χ1n) is 4.43. The van der Waals surface area contributed by atoms with Crippen LogP contribution in [0.25, 0.3) is 0 Å². The topological polar surface area (TPSA) is 49.3 Å². The van der Waals surface area contributed by atoms with Crippen molar-refractivity contribution in [1.29, 1.82) is 0 Å². The summed E-state index contributed by atoms with van der Waals surface area (Å²) < 4.78 is 0. The monoisotopic (exact) mass is 167 g/mol. The first-order valence-corrected chi connectivity index (χ1v) is 4.43. The fraction of sp³-hybridized carbons (Fsp3) is 0.667. The molecule has 0 aromatic carbocycles. The summed E-state index contributed by atoms with van der Waals surface area (Å²) in [5.41, 5.74) is 0. The van der Waals surface area contributed by atoms with E-state index in [1.165, 1.54) is 0 Å². The molecule has 0 saturated carbocycles. The van der Waals surface area contributed by atoms with Gasteiger partial charge in [0.15, 0.2) is 0 Å². The van der Waals surface area contributed by atoms with Gasteiger partial charge in [-0.1, -0.05) is 12.2 Å². The SMILES string of the molecule is O=C(O)[C@H]1C[C@H]2CCC=C[C@H]2N1. The highest BCUT2D eigenvalue weighted by atomic mass is 16.4. The Hall–Kier alpha value is -0.830. The third-order valence-corrected chi connectivity index (χ3v) is 2.79. The largest absolute Gasteiger partial charge is 0.480 e. The molecule has 1 saturated heterocycles. The second-order valence-electron chi connectivity index (χ2n) is 3.58. The quantitative estimate of drug-likeness (QED) is 0.567. The summed E-state index contributed by atoms with van der Waals surface area (Å²) in [6.45, 7) is 0. The van der Waals surface area contributed by atoms with Crippen LogP contribution in [-0.2, 0) is 4.79 Å². The lowest BCUT2D eigenvalue weighted by atomic mass is 9.90. The molecule has 2 aliphatic rings. The van der Waals surface area contributed by atoms with Gasteiger partial charge in [-0.25, -0.2) is 0 Å². The normalized spacial score (nSPS) is 39.5. The summed E-state index contributed by atoms with van der Waals surface area (Å²) in [6.07, 6.45) is 7.28. The molecule has 0 radical (unpaired) electrons. The van der Waals surface area contributed by atoms with Gasteiger partial charge in [0.25, 0.3) is 0 Å². The van der Waals surface area contributed by atoms with E-state index in [4.69, 9.17) is 5.11 Å². The van der Waals surface area contributed by atoms with Gasteiger partial charge in [0.2, 0.25) is 0 Å². The van der Waals surface area contributed by atoms with E-state index in [2.05, 4.69) is 17.5 Å². The predicted octanol–water partition coefficient (Wildman–Crippen LogP) is 0.768. The van der Waals surface area contributed by atoms with Crippen molar-refractivity contribution in [2.75, 3.05) is 0 Å². The van der Waals surface area contributed by atoms with Crippen LogP contribution in [0.1, 0.15) is 19.3 Å².